The van der Waals surface area contributed by atoms with Gasteiger partial charge in [0.1, 0.15) is 5.75 Å². The minimum atomic E-state index is -1.14. The molecule has 2 aromatic rings. The number of ether oxygens (including phenoxy) is 2. The van der Waals surface area contributed by atoms with E-state index in [0.717, 1.165) is 61.0 Å². The molecule has 2 aromatic heterocycles. The van der Waals surface area contributed by atoms with Crippen molar-refractivity contribution in [3.05, 3.63) is 35.8 Å². The van der Waals surface area contributed by atoms with Gasteiger partial charge >= 0.3 is 5.97 Å². The van der Waals surface area contributed by atoms with Crippen LogP contribution < -0.4 is 9.64 Å². The SMILES string of the molecule is Cc1ncc(-c2ccc(OCCCC3CCCCC3)cn2)c(N2CCC(C)(C)CC2)c1[C@H](OC(C)(C)C)C(=O)O. The smallest absolute Gasteiger partial charge is 0.337 e. The fourth-order valence-corrected chi connectivity index (χ4v) is 6.04. The second kappa shape index (κ2) is 12.9. The Hall–Kier alpha value is -2.67. The first-order valence-electron chi connectivity index (χ1n) is 15.2. The van der Waals surface area contributed by atoms with E-state index in [4.69, 9.17) is 14.5 Å². The second-order valence-corrected chi connectivity index (χ2v) is 13.5. The molecule has 0 aromatic carbocycles. The lowest BCUT2D eigenvalue weighted by atomic mass is 9.82. The molecular formula is C33H49N3O4. The number of aryl methyl sites for hydroxylation is 1. The molecule has 2 fully saturated rings. The molecule has 3 heterocycles. The van der Waals surface area contributed by atoms with Crippen LogP contribution in [0.2, 0.25) is 0 Å². The van der Waals surface area contributed by atoms with Crippen molar-refractivity contribution in [2.45, 2.75) is 111 Å². The molecular weight excluding hydrogens is 502 g/mol. The Morgan fingerprint density at radius 2 is 1.80 bits per heavy atom. The molecule has 1 aliphatic carbocycles. The maximum absolute atomic E-state index is 12.6. The molecule has 220 valence electrons. The summed E-state index contributed by atoms with van der Waals surface area (Å²) in [6.07, 6.45) is 13.7. The Bertz CT molecular complexity index is 1120. The fraction of sp³-hybridized carbons (Fsp3) is 0.667. The molecule has 2 aliphatic rings. The lowest BCUT2D eigenvalue weighted by Crippen LogP contribution is -2.39. The number of aliphatic carboxylic acids is 1. The van der Waals surface area contributed by atoms with Gasteiger partial charge in [0.05, 0.1) is 29.8 Å². The van der Waals surface area contributed by atoms with Gasteiger partial charge in [0.15, 0.2) is 6.10 Å². The van der Waals surface area contributed by atoms with Gasteiger partial charge in [-0.1, -0.05) is 46.0 Å². The molecule has 4 rings (SSSR count). The summed E-state index contributed by atoms with van der Waals surface area (Å²) < 4.78 is 12.2. The molecule has 1 saturated heterocycles. The van der Waals surface area contributed by atoms with Crippen molar-refractivity contribution in [1.29, 1.82) is 0 Å². The number of pyridine rings is 2. The van der Waals surface area contributed by atoms with E-state index in [0.29, 0.717) is 17.9 Å². The van der Waals surface area contributed by atoms with Crippen LogP contribution in [0.5, 0.6) is 5.75 Å². The average Bonchev–Trinajstić information content (AvgIpc) is 2.90. The molecule has 1 N–H and O–H groups in total. The van der Waals surface area contributed by atoms with Crippen molar-refractivity contribution in [2.24, 2.45) is 11.3 Å². The molecule has 0 bridgehead atoms. The third-order valence-corrected chi connectivity index (χ3v) is 8.44. The molecule has 7 heteroatoms. The molecule has 7 nitrogen and oxygen atoms in total. The number of carboxylic acids is 1. The van der Waals surface area contributed by atoms with Crippen molar-refractivity contribution in [2.75, 3.05) is 24.6 Å². The Morgan fingerprint density at radius 1 is 1.10 bits per heavy atom. The van der Waals surface area contributed by atoms with Crippen LogP contribution in [0.15, 0.2) is 24.5 Å². The van der Waals surface area contributed by atoms with Gasteiger partial charge in [-0.05, 0) is 76.8 Å². The molecule has 1 saturated carbocycles. The quantitative estimate of drug-likeness (QED) is 0.302. The highest BCUT2D eigenvalue weighted by atomic mass is 16.5. The number of aromatic nitrogens is 2. The molecule has 1 aliphatic heterocycles. The van der Waals surface area contributed by atoms with Crippen LogP contribution in [0, 0.1) is 18.3 Å². The zero-order valence-electron chi connectivity index (χ0n) is 25.5. The zero-order chi connectivity index (χ0) is 28.9. The summed E-state index contributed by atoms with van der Waals surface area (Å²) in [7, 11) is 0. The Balaban J connectivity index is 1.61. The van der Waals surface area contributed by atoms with E-state index < -0.39 is 17.7 Å². The summed E-state index contributed by atoms with van der Waals surface area (Å²) in [5.41, 5.74) is 3.34. The van der Waals surface area contributed by atoms with E-state index in [9.17, 15) is 9.90 Å². The predicted octanol–water partition coefficient (Wildman–Crippen LogP) is 7.76. The van der Waals surface area contributed by atoms with Crippen molar-refractivity contribution in [3.63, 3.8) is 0 Å². The van der Waals surface area contributed by atoms with E-state index in [1.165, 1.54) is 38.5 Å². The van der Waals surface area contributed by atoms with E-state index in [1.54, 1.807) is 6.20 Å². The summed E-state index contributed by atoms with van der Waals surface area (Å²) in [5.74, 6) is 0.602. The number of anilines is 1. The number of piperidine rings is 1. The topological polar surface area (TPSA) is 84.8 Å². The molecule has 0 spiro atoms. The number of hydrogen-bond donors (Lipinski definition) is 1. The number of carbonyl (C=O) groups is 1. The van der Waals surface area contributed by atoms with Crippen molar-refractivity contribution >= 4 is 11.7 Å². The largest absolute Gasteiger partial charge is 0.492 e. The number of rotatable bonds is 10. The van der Waals surface area contributed by atoms with Gasteiger partial charge in [-0.15, -0.1) is 0 Å². The molecule has 0 amide bonds. The summed E-state index contributed by atoms with van der Waals surface area (Å²) in [6, 6.07) is 3.93. The molecule has 1 atom stereocenters. The Labute approximate surface area is 240 Å². The summed E-state index contributed by atoms with van der Waals surface area (Å²) in [6.45, 7) is 14.5. The van der Waals surface area contributed by atoms with Crippen molar-refractivity contribution in [3.8, 4) is 17.0 Å². The van der Waals surface area contributed by atoms with E-state index in [2.05, 4.69) is 23.7 Å². The van der Waals surface area contributed by atoms with Crippen LogP contribution in [-0.4, -0.2) is 46.3 Å². The first kappa shape index (κ1) is 30.3. The monoisotopic (exact) mass is 551 g/mol. The van der Waals surface area contributed by atoms with Gasteiger partial charge in [-0.3, -0.25) is 9.97 Å². The maximum atomic E-state index is 12.6. The van der Waals surface area contributed by atoms with Crippen LogP contribution in [0.25, 0.3) is 11.3 Å². The fourth-order valence-electron chi connectivity index (χ4n) is 6.04. The van der Waals surface area contributed by atoms with Crippen LogP contribution in [0.3, 0.4) is 0 Å². The van der Waals surface area contributed by atoms with Crippen LogP contribution in [-0.2, 0) is 9.53 Å². The average molecular weight is 552 g/mol. The Kier molecular flexibility index (Phi) is 9.76. The second-order valence-electron chi connectivity index (χ2n) is 13.5. The Morgan fingerprint density at radius 3 is 2.40 bits per heavy atom. The highest BCUT2D eigenvalue weighted by Crippen LogP contribution is 2.43. The maximum Gasteiger partial charge on any atom is 0.337 e. The lowest BCUT2D eigenvalue weighted by molar-refractivity contribution is -0.160. The third kappa shape index (κ3) is 7.96. The van der Waals surface area contributed by atoms with E-state index in [-0.39, 0.29) is 5.41 Å². The van der Waals surface area contributed by atoms with Crippen LogP contribution >= 0.6 is 0 Å². The third-order valence-electron chi connectivity index (χ3n) is 8.44. The van der Waals surface area contributed by atoms with Gasteiger partial charge in [-0.2, -0.15) is 0 Å². The van der Waals surface area contributed by atoms with Gasteiger partial charge in [0.2, 0.25) is 0 Å². The molecule has 0 unspecified atom stereocenters. The van der Waals surface area contributed by atoms with Crippen LogP contribution in [0.4, 0.5) is 5.69 Å². The number of nitrogens with zero attached hydrogens (tertiary/aromatic N) is 3. The van der Waals surface area contributed by atoms with Gasteiger partial charge in [-0.25, -0.2) is 4.79 Å². The van der Waals surface area contributed by atoms with Gasteiger partial charge in [0, 0.05) is 36.1 Å². The minimum absolute atomic E-state index is 0.251. The van der Waals surface area contributed by atoms with Gasteiger partial charge < -0.3 is 19.5 Å². The predicted molar refractivity (Wildman–Crippen MR) is 160 cm³/mol. The standard InChI is InChI=1S/C33H49N3O4/c1-23-28(30(31(37)38)40-32(2,3)4)29(36-18-16-33(5,6)17-19-36)26(22-34-23)27-15-14-25(21-35-27)39-20-10-13-24-11-8-7-9-12-24/h14-15,21-22,24,30H,7-13,16-20H2,1-6H3,(H,37,38)/t30-/m0/s1. The molecule has 0 radical (unpaired) electrons. The summed E-state index contributed by atoms with van der Waals surface area (Å²) in [4.78, 5) is 24.3. The summed E-state index contributed by atoms with van der Waals surface area (Å²) in [5, 5.41) is 10.3. The first-order chi connectivity index (χ1) is 18.9. The normalized spacial score (nSPS) is 18.9. The van der Waals surface area contributed by atoms with Crippen molar-refractivity contribution < 1.29 is 19.4 Å². The van der Waals surface area contributed by atoms with Crippen LogP contribution in [0.1, 0.15) is 110 Å². The first-order valence-corrected chi connectivity index (χ1v) is 15.2. The van der Waals surface area contributed by atoms with E-state index in [1.807, 2.05) is 46.0 Å². The zero-order valence-corrected chi connectivity index (χ0v) is 25.5. The van der Waals surface area contributed by atoms with Crippen molar-refractivity contribution in [1.82, 2.24) is 9.97 Å². The molecule has 40 heavy (non-hydrogen) atoms. The number of hydrogen-bond acceptors (Lipinski definition) is 6. The summed E-state index contributed by atoms with van der Waals surface area (Å²) >= 11 is 0. The highest BCUT2D eigenvalue weighted by molar-refractivity contribution is 5.85. The van der Waals surface area contributed by atoms with Gasteiger partial charge in [0.25, 0.3) is 0 Å². The van der Waals surface area contributed by atoms with E-state index >= 15 is 0 Å². The highest BCUT2D eigenvalue weighted by Gasteiger charge is 2.36. The number of carboxylic acid groups (broad SMARTS) is 1. The minimum Gasteiger partial charge on any atom is -0.492 e. The lowest BCUT2D eigenvalue weighted by Gasteiger charge is -2.40.